The first-order valence-electron chi connectivity index (χ1n) is 23.0. The Morgan fingerprint density at radius 3 is 2.48 bits per heavy atom. The molecule has 7 aliphatic rings. The number of amides is 2. The Kier molecular flexibility index (Phi) is 10.4. The van der Waals surface area contributed by atoms with Crippen molar-refractivity contribution in [3.63, 3.8) is 0 Å². The number of carbonyl (C=O) groups excluding carboxylic acids is 3. The Bertz CT molecular complexity index is 2410. The Morgan fingerprint density at radius 2 is 1.81 bits per heavy atom. The minimum Gasteiger partial charge on any atom is -0.464 e. The Morgan fingerprint density at radius 1 is 1.06 bits per heavy atom. The molecule has 0 radical (unpaired) electrons. The van der Waals surface area contributed by atoms with Gasteiger partial charge in [-0.25, -0.2) is 5.43 Å². The van der Waals surface area contributed by atoms with E-state index in [2.05, 4.69) is 109 Å². The quantitative estimate of drug-likeness (QED) is 0.190. The summed E-state index contributed by atoms with van der Waals surface area (Å²) in [6.45, 7) is 17.7. The van der Waals surface area contributed by atoms with Gasteiger partial charge in [0, 0.05) is 84.0 Å². The number of hydrogen-bond donors (Lipinski definition) is 2. The number of likely N-dealkylation sites (N-methyl/N-ethyl adjacent to an activating group) is 1. The van der Waals surface area contributed by atoms with E-state index >= 15 is 0 Å². The monoisotopic (exact) mass is 861 g/mol. The molecule has 1 aromatic carbocycles. The number of cyclic esters (lactones) is 1. The number of ether oxygens (including phenoxy) is 2. The molecule has 7 heterocycles. The number of nitrogens with one attached hydrogen (secondary N) is 2. The molecular formula is C49H63N7O5S. The number of carbonyl (C=O) groups is 3. The Hall–Kier alpha value is -4.30. The molecule has 3 saturated carbocycles. The number of hydrogen-bond acceptors (Lipinski definition) is 10. The van der Waals surface area contributed by atoms with E-state index in [0.29, 0.717) is 6.42 Å². The first kappa shape index (κ1) is 41.7. The van der Waals surface area contributed by atoms with Crippen LogP contribution in [0.5, 0.6) is 0 Å². The molecule has 1 spiro atoms. The highest BCUT2D eigenvalue weighted by atomic mass is 32.1. The standard InChI is InChI=1S/C49H63N7O5S/c1-9-55-38-11-10-30-20-35(38)37(43(55)36-22-34(24-50-41(36)29(4)60-8)54-16-14-53(7)15-17-54)23-48(5,6)26-61-47(59)42-31-18-33(19-31)56(52-42)46(58)44(51-45(57)40-27(2)28(40)3)49(12-13-49)39-21-32(30)25-62-39/h10-11,20-22,24-25,27-29,31,33,40,42,44,52H,9,12-19,23,26H2,1-8H3,(H,51,57)/t27-,28+,29-,31?,33?,40?,42+,44+/m0/s1. The van der Waals surface area contributed by atoms with Crippen LogP contribution in [0.4, 0.5) is 5.69 Å². The lowest BCUT2D eigenvalue weighted by molar-refractivity contribution is -0.171. The average molecular weight is 862 g/mol. The van der Waals surface area contributed by atoms with Crippen LogP contribution in [0.2, 0.25) is 0 Å². The number of piperazine rings is 1. The van der Waals surface area contributed by atoms with E-state index in [0.717, 1.165) is 108 Å². The summed E-state index contributed by atoms with van der Waals surface area (Å²) in [4.78, 5) is 54.1. The molecule has 3 aliphatic carbocycles. The zero-order valence-electron chi connectivity index (χ0n) is 37.6. The molecule has 6 fully saturated rings. The van der Waals surface area contributed by atoms with Gasteiger partial charge in [-0.15, -0.1) is 11.3 Å². The van der Waals surface area contributed by atoms with Crippen LogP contribution in [0, 0.1) is 29.1 Å². The van der Waals surface area contributed by atoms with Crippen molar-refractivity contribution in [1.82, 2.24) is 30.2 Å². The Labute approximate surface area is 369 Å². The van der Waals surface area contributed by atoms with Crippen LogP contribution in [-0.4, -0.2) is 102 Å². The number of pyridine rings is 1. The first-order valence-corrected chi connectivity index (χ1v) is 23.9. The van der Waals surface area contributed by atoms with Gasteiger partial charge in [0.1, 0.15) is 12.1 Å². The number of anilines is 1. The molecule has 4 aromatic rings. The molecule has 3 aromatic heterocycles. The van der Waals surface area contributed by atoms with Crippen molar-refractivity contribution in [2.75, 3.05) is 51.8 Å². The molecule has 4 aliphatic heterocycles. The number of hydrazine groups is 1. The lowest BCUT2D eigenvalue weighted by Gasteiger charge is -2.53. The van der Waals surface area contributed by atoms with Crippen molar-refractivity contribution in [3.8, 4) is 22.4 Å². The number of thiophene rings is 1. The van der Waals surface area contributed by atoms with Gasteiger partial charge in [-0.1, -0.05) is 33.8 Å². The third-order valence-electron chi connectivity index (χ3n) is 15.7. The summed E-state index contributed by atoms with van der Waals surface area (Å²) < 4.78 is 14.7. The number of nitrogens with zero attached hydrogens (tertiary/aromatic N) is 5. The summed E-state index contributed by atoms with van der Waals surface area (Å²) in [6.07, 6.45) is 5.49. The molecule has 11 rings (SSSR count). The number of benzene rings is 1. The van der Waals surface area contributed by atoms with Crippen molar-refractivity contribution in [2.24, 2.45) is 29.1 Å². The van der Waals surface area contributed by atoms with Crippen molar-refractivity contribution >= 4 is 45.7 Å². The molecule has 2 amide bonds. The fraction of sp³-hybridized carbons (Fsp3) is 0.592. The van der Waals surface area contributed by atoms with E-state index in [1.165, 1.54) is 5.56 Å². The van der Waals surface area contributed by atoms with E-state index < -0.39 is 22.9 Å². The van der Waals surface area contributed by atoms with Gasteiger partial charge in [0.2, 0.25) is 5.91 Å². The normalized spacial score (nSPS) is 29.5. The number of fused-ring (bicyclic) bond motifs is 5. The average Bonchev–Trinajstić information content (AvgIpc) is 4.06. The summed E-state index contributed by atoms with van der Waals surface area (Å²) in [5.41, 5.74) is 11.1. The number of methoxy groups -OCH3 is 1. The van der Waals surface area contributed by atoms with Crippen LogP contribution in [-0.2, 0) is 42.2 Å². The van der Waals surface area contributed by atoms with Crippen LogP contribution in [0.15, 0.2) is 41.9 Å². The van der Waals surface area contributed by atoms with Crippen molar-refractivity contribution in [3.05, 3.63) is 58.0 Å². The zero-order chi connectivity index (χ0) is 43.4. The van der Waals surface area contributed by atoms with Crippen LogP contribution in [0.1, 0.15) is 89.5 Å². The number of aryl methyl sites for hydroxylation is 1. The van der Waals surface area contributed by atoms with Crippen LogP contribution in [0.25, 0.3) is 33.3 Å². The fourth-order valence-corrected chi connectivity index (χ4v) is 12.3. The van der Waals surface area contributed by atoms with Gasteiger partial charge in [-0.2, -0.15) is 0 Å². The highest BCUT2D eigenvalue weighted by Gasteiger charge is 2.60. The predicted octanol–water partition coefficient (Wildman–Crippen LogP) is 6.95. The van der Waals surface area contributed by atoms with Crippen molar-refractivity contribution in [1.29, 1.82) is 0 Å². The van der Waals surface area contributed by atoms with Crippen LogP contribution < -0.4 is 15.6 Å². The van der Waals surface area contributed by atoms with Gasteiger partial charge in [0.15, 0.2) is 0 Å². The van der Waals surface area contributed by atoms with Gasteiger partial charge in [0.25, 0.3) is 5.91 Å². The maximum atomic E-state index is 14.9. The topological polar surface area (TPSA) is 121 Å². The molecule has 2 N–H and O–H groups in total. The molecule has 62 heavy (non-hydrogen) atoms. The van der Waals surface area contributed by atoms with E-state index in [-0.39, 0.29) is 60.2 Å². The third kappa shape index (κ3) is 6.96. The summed E-state index contributed by atoms with van der Waals surface area (Å²) in [7, 11) is 3.92. The van der Waals surface area contributed by atoms with Crippen molar-refractivity contribution < 1.29 is 23.9 Å². The van der Waals surface area contributed by atoms with E-state index in [1.807, 2.05) is 6.20 Å². The predicted molar refractivity (Wildman–Crippen MR) is 243 cm³/mol. The number of aromatic nitrogens is 2. The summed E-state index contributed by atoms with van der Waals surface area (Å²) in [5, 5.41) is 8.40. The molecule has 6 atom stereocenters. The fourth-order valence-electron chi connectivity index (χ4n) is 11.1. The summed E-state index contributed by atoms with van der Waals surface area (Å²) >= 11 is 1.69. The second kappa shape index (κ2) is 15.5. The lowest BCUT2D eigenvalue weighted by atomic mass is 9.72. The van der Waals surface area contributed by atoms with Crippen LogP contribution >= 0.6 is 11.3 Å². The smallest absolute Gasteiger partial charge is 0.325 e. The van der Waals surface area contributed by atoms with Gasteiger partial charge in [-0.05, 0) is 117 Å². The highest BCUT2D eigenvalue weighted by Crippen LogP contribution is 2.56. The van der Waals surface area contributed by atoms with Gasteiger partial charge < -0.3 is 29.2 Å². The largest absolute Gasteiger partial charge is 0.464 e. The summed E-state index contributed by atoms with van der Waals surface area (Å²) in [6, 6.07) is 10.0. The van der Waals surface area contributed by atoms with E-state index in [4.69, 9.17) is 14.5 Å². The lowest BCUT2D eigenvalue weighted by Crippen LogP contribution is -2.72. The minimum absolute atomic E-state index is 0.0207. The molecule has 13 heteroatoms. The van der Waals surface area contributed by atoms with E-state index in [9.17, 15) is 14.4 Å². The Balaban J connectivity index is 1.12. The van der Waals surface area contributed by atoms with Gasteiger partial charge in [-0.3, -0.25) is 24.4 Å². The third-order valence-corrected chi connectivity index (χ3v) is 16.8. The van der Waals surface area contributed by atoms with E-state index in [1.54, 1.807) is 23.5 Å². The molecular weight excluding hydrogens is 799 g/mol. The van der Waals surface area contributed by atoms with Crippen molar-refractivity contribution in [2.45, 2.75) is 110 Å². The molecule has 12 nitrogen and oxygen atoms in total. The maximum absolute atomic E-state index is 14.9. The number of esters is 1. The zero-order valence-corrected chi connectivity index (χ0v) is 38.4. The van der Waals surface area contributed by atoms with Gasteiger partial charge >= 0.3 is 5.97 Å². The van der Waals surface area contributed by atoms with Gasteiger partial charge in [0.05, 0.1) is 36.0 Å². The molecule has 8 bridgehead atoms. The first-order chi connectivity index (χ1) is 29.7. The second-order valence-electron chi connectivity index (χ2n) is 20.3. The minimum atomic E-state index is -0.741. The number of rotatable bonds is 7. The second-order valence-corrected chi connectivity index (χ2v) is 21.2. The maximum Gasteiger partial charge on any atom is 0.325 e. The highest BCUT2D eigenvalue weighted by molar-refractivity contribution is 7.10. The summed E-state index contributed by atoms with van der Waals surface area (Å²) in [5.74, 6) is 0.0375. The molecule has 1 unspecified atom stereocenters. The SMILES string of the molecule is CCn1c(-c2cc(N3CCN(C)CC3)cnc2[C@H](C)OC)c2c3cc(ccc31)-c1csc(c1)C1(CC1)[C@H](NC(=O)C1[C@@H](C)[C@H]1C)C(=O)N1N[C@@H](C(=O)OCC(C)(C)C2)C2CC1C2. The van der Waals surface area contributed by atoms with Crippen LogP contribution in [0.3, 0.4) is 0 Å². The molecule has 330 valence electrons. The molecule has 3 saturated heterocycles.